The molecule has 0 aromatic heterocycles. The summed E-state index contributed by atoms with van der Waals surface area (Å²) in [4.78, 5) is 20.6. The first-order valence-electron chi connectivity index (χ1n) is 9.59. The van der Waals surface area contributed by atoms with E-state index in [0.29, 0.717) is 23.5 Å². The van der Waals surface area contributed by atoms with Crippen LogP contribution in [0.15, 0.2) is 4.99 Å². The van der Waals surface area contributed by atoms with Gasteiger partial charge in [-0.3, -0.25) is 9.79 Å². The van der Waals surface area contributed by atoms with Gasteiger partial charge in [0.1, 0.15) is 0 Å². The number of nitrogens with zero attached hydrogens (tertiary/aromatic N) is 3. The van der Waals surface area contributed by atoms with E-state index in [2.05, 4.69) is 17.1 Å². The largest absolute Gasteiger partial charge is 0.377 e. The molecule has 2 saturated heterocycles. The predicted octanol–water partition coefficient (Wildman–Crippen LogP) is 1.69. The van der Waals surface area contributed by atoms with Crippen molar-refractivity contribution in [2.24, 2.45) is 16.3 Å². The highest BCUT2D eigenvalue weighted by Gasteiger charge is 2.66. The maximum absolute atomic E-state index is 11.5. The number of rotatable bonds is 2. The number of hydrogen-bond acceptors (Lipinski definition) is 3. The summed E-state index contributed by atoms with van der Waals surface area (Å²) >= 11 is 0. The van der Waals surface area contributed by atoms with Gasteiger partial charge in [0, 0.05) is 63.6 Å². The average molecular weight is 462 g/mol. The first kappa shape index (κ1) is 19.2. The second kappa shape index (κ2) is 7.58. The van der Waals surface area contributed by atoms with Gasteiger partial charge in [-0.15, -0.1) is 24.0 Å². The lowest BCUT2D eigenvalue weighted by Crippen LogP contribution is -2.73. The van der Waals surface area contributed by atoms with Crippen LogP contribution < -0.4 is 5.32 Å². The van der Waals surface area contributed by atoms with E-state index in [-0.39, 0.29) is 29.9 Å². The summed E-state index contributed by atoms with van der Waals surface area (Å²) in [5, 5.41) is 3.82. The number of carbonyl (C=O) groups is 1. The monoisotopic (exact) mass is 462 g/mol. The minimum atomic E-state index is 0. The Morgan fingerprint density at radius 3 is 2.48 bits per heavy atom. The lowest BCUT2D eigenvalue weighted by Gasteiger charge is -2.63. The molecule has 4 rings (SSSR count). The molecule has 142 valence electrons. The summed E-state index contributed by atoms with van der Waals surface area (Å²) in [6, 6.07) is 0.523. The second-order valence-corrected chi connectivity index (χ2v) is 7.74. The summed E-state index contributed by atoms with van der Waals surface area (Å²) in [5.74, 6) is 1.88. The van der Waals surface area contributed by atoms with E-state index < -0.39 is 0 Å². The Bertz CT molecular complexity index is 529. The minimum Gasteiger partial charge on any atom is -0.377 e. The molecule has 7 heteroatoms. The maximum Gasteiger partial charge on any atom is 0.219 e. The van der Waals surface area contributed by atoms with Crippen LogP contribution in [0.1, 0.15) is 39.5 Å². The van der Waals surface area contributed by atoms with Gasteiger partial charge in [0.15, 0.2) is 5.96 Å². The van der Waals surface area contributed by atoms with Gasteiger partial charge in [-0.05, 0) is 26.2 Å². The summed E-state index contributed by atoms with van der Waals surface area (Å²) in [6.45, 7) is 8.80. The van der Waals surface area contributed by atoms with E-state index in [0.717, 1.165) is 45.3 Å². The van der Waals surface area contributed by atoms with Crippen LogP contribution in [-0.2, 0) is 9.53 Å². The fourth-order valence-electron chi connectivity index (χ4n) is 5.21. The van der Waals surface area contributed by atoms with Gasteiger partial charge in [-0.25, -0.2) is 0 Å². The van der Waals surface area contributed by atoms with Crippen LogP contribution in [0.5, 0.6) is 0 Å². The van der Waals surface area contributed by atoms with Crippen molar-refractivity contribution in [3.05, 3.63) is 0 Å². The number of halogens is 1. The Morgan fingerprint density at radius 2 is 1.92 bits per heavy atom. The molecule has 25 heavy (non-hydrogen) atoms. The number of hydrogen-bond donors (Lipinski definition) is 1. The van der Waals surface area contributed by atoms with Crippen LogP contribution in [0.25, 0.3) is 0 Å². The molecule has 4 fully saturated rings. The van der Waals surface area contributed by atoms with Crippen molar-refractivity contribution >= 4 is 35.8 Å². The lowest BCUT2D eigenvalue weighted by molar-refractivity contribution is -0.171. The zero-order valence-corrected chi connectivity index (χ0v) is 17.7. The summed E-state index contributed by atoms with van der Waals surface area (Å²) in [6.07, 6.45) is 5.59. The van der Waals surface area contributed by atoms with E-state index in [1.165, 1.54) is 25.7 Å². The minimum absolute atomic E-state index is 0. The molecule has 4 aliphatic rings. The third kappa shape index (κ3) is 3.15. The van der Waals surface area contributed by atoms with E-state index >= 15 is 0 Å². The number of nitrogens with one attached hydrogen (secondary N) is 1. The molecule has 2 heterocycles. The number of ether oxygens (including phenoxy) is 1. The molecular formula is C18H31IN4O2. The molecule has 3 unspecified atom stereocenters. The molecule has 0 radical (unpaired) electrons. The molecule has 2 saturated carbocycles. The van der Waals surface area contributed by atoms with Crippen molar-refractivity contribution in [1.82, 2.24) is 15.1 Å². The third-order valence-corrected chi connectivity index (χ3v) is 6.65. The Labute approximate surface area is 167 Å². The Hall–Kier alpha value is -0.570. The number of aliphatic imine (C=N–C) groups is 1. The van der Waals surface area contributed by atoms with E-state index in [1.807, 2.05) is 4.90 Å². The molecule has 1 amide bonds. The van der Waals surface area contributed by atoms with Crippen molar-refractivity contribution in [2.45, 2.75) is 51.7 Å². The van der Waals surface area contributed by atoms with Crippen LogP contribution in [0, 0.1) is 11.3 Å². The van der Waals surface area contributed by atoms with Crippen molar-refractivity contribution in [1.29, 1.82) is 0 Å². The molecule has 2 aliphatic carbocycles. The highest BCUT2D eigenvalue weighted by molar-refractivity contribution is 14.0. The van der Waals surface area contributed by atoms with E-state index in [4.69, 9.17) is 9.73 Å². The summed E-state index contributed by atoms with van der Waals surface area (Å²) < 4.78 is 6.03. The standard InChI is InChI=1S/C18H30N4O2.HI/c1-3-19-17(22-10-8-21(9-11-22)13(2)23)20-15-14-5-12-24-16(14)18(15)6-4-7-18;/h14-16H,3-12H2,1-2H3,(H,19,20);1H. The molecule has 3 atom stereocenters. The lowest BCUT2D eigenvalue weighted by atomic mass is 9.46. The van der Waals surface area contributed by atoms with Crippen LogP contribution in [0.2, 0.25) is 0 Å². The molecule has 0 bridgehead atoms. The van der Waals surface area contributed by atoms with Crippen LogP contribution in [0.3, 0.4) is 0 Å². The van der Waals surface area contributed by atoms with Crippen molar-refractivity contribution in [3.8, 4) is 0 Å². The summed E-state index contributed by atoms with van der Waals surface area (Å²) in [5.41, 5.74) is 0.372. The highest BCUT2D eigenvalue weighted by atomic mass is 127. The van der Waals surface area contributed by atoms with Crippen LogP contribution in [0.4, 0.5) is 0 Å². The first-order chi connectivity index (χ1) is 11.7. The number of guanidine groups is 1. The summed E-state index contributed by atoms with van der Waals surface area (Å²) in [7, 11) is 0. The zero-order chi connectivity index (χ0) is 16.7. The van der Waals surface area contributed by atoms with E-state index in [9.17, 15) is 4.79 Å². The molecule has 0 aromatic rings. The molecule has 6 nitrogen and oxygen atoms in total. The molecule has 0 aromatic carbocycles. The Balaban J connectivity index is 0.00000182. The normalized spacial score (nSPS) is 33.2. The van der Waals surface area contributed by atoms with Gasteiger partial charge in [-0.2, -0.15) is 0 Å². The molecule has 2 aliphatic heterocycles. The average Bonchev–Trinajstić information content (AvgIpc) is 2.95. The third-order valence-electron chi connectivity index (χ3n) is 6.65. The number of piperazine rings is 1. The van der Waals surface area contributed by atoms with E-state index in [1.54, 1.807) is 6.92 Å². The zero-order valence-electron chi connectivity index (χ0n) is 15.4. The number of carbonyl (C=O) groups excluding carboxylic acids is 1. The molecule has 1 spiro atoms. The predicted molar refractivity (Wildman–Crippen MR) is 108 cm³/mol. The SMILES string of the molecule is CCN=C(NC1C2CCOC2C12CCC2)N1CCN(C(C)=O)CC1.I. The quantitative estimate of drug-likeness (QED) is 0.386. The fraction of sp³-hybridized carbons (Fsp3) is 0.889. The smallest absolute Gasteiger partial charge is 0.219 e. The van der Waals surface area contributed by atoms with Gasteiger partial charge in [-0.1, -0.05) is 6.42 Å². The molecule has 1 N–H and O–H groups in total. The first-order valence-corrected chi connectivity index (χ1v) is 9.59. The topological polar surface area (TPSA) is 57.2 Å². The van der Waals surface area contributed by atoms with Crippen LogP contribution >= 0.6 is 24.0 Å². The van der Waals surface area contributed by atoms with Gasteiger partial charge >= 0.3 is 0 Å². The van der Waals surface area contributed by atoms with Gasteiger partial charge in [0.25, 0.3) is 0 Å². The van der Waals surface area contributed by atoms with Crippen molar-refractivity contribution < 1.29 is 9.53 Å². The maximum atomic E-state index is 11.5. The van der Waals surface area contributed by atoms with Gasteiger partial charge in [0.05, 0.1) is 6.10 Å². The second-order valence-electron chi connectivity index (χ2n) is 7.74. The van der Waals surface area contributed by atoms with Crippen molar-refractivity contribution in [3.63, 3.8) is 0 Å². The van der Waals surface area contributed by atoms with Gasteiger partial charge < -0.3 is 19.9 Å². The van der Waals surface area contributed by atoms with Crippen molar-refractivity contribution in [2.75, 3.05) is 39.3 Å². The number of amides is 1. The Kier molecular flexibility index (Phi) is 5.82. The van der Waals surface area contributed by atoms with Gasteiger partial charge in [0.2, 0.25) is 5.91 Å². The molecular weight excluding hydrogens is 431 g/mol. The fourth-order valence-corrected chi connectivity index (χ4v) is 5.21. The number of fused-ring (bicyclic) bond motifs is 2. The Morgan fingerprint density at radius 1 is 1.24 bits per heavy atom. The highest BCUT2D eigenvalue weighted by Crippen LogP contribution is 2.62. The van der Waals surface area contributed by atoms with Crippen LogP contribution in [-0.4, -0.2) is 73.1 Å².